The smallest absolute Gasteiger partial charge is 0.145 e. The molecule has 0 saturated heterocycles. The van der Waals surface area contributed by atoms with Gasteiger partial charge in [0.05, 0.1) is 19.1 Å². The number of pyridine rings is 2. The van der Waals surface area contributed by atoms with Gasteiger partial charge < -0.3 is 4.40 Å². The first kappa shape index (κ1) is 23.3. The molecule has 0 amide bonds. The Morgan fingerprint density at radius 3 is 2.26 bits per heavy atom. The van der Waals surface area contributed by atoms with E-state index in [0.717, 1.165) is 17.3 Å². The minimum atomic E-state index is -1.79. The Balaban J connectivity index is 1.41. The van der Waals surface area contributed by atoms with Crippen LogP contribution in [0.1, 0.15) is 11.3 Å². The van der Waals surface area contributed by atoms with E-state index in [2.05, 4.69) is 120 Å². The van der Waals surface area contributed by atoms with Gasteiger partial charge in [0, 0.05) is 44.9 Å². The topological polar surface area (TPSA) is 34.6 Å². The van der Waals surface area contributed by atoms with Crippen molar-refractivity contribution in [3.05, 3.63) is 96.4 Å². The Labute approximate surface area is 245 Å². The molecule has 2 aliphatic rings. The summed E-state index contributed by atoms with van der Waals surface area (Å²) in [4.78, 5) is 10.2. The number of rotatable bonds is 1. The van der Waals surface area contributed by atoms with E-state index in [4.69, 9.17) is 9.97 Å². The molecular formula is C36H30N4Si2. The van der Waals surface area contributed by atoms with E-state index in [9.17, 15) is 0 Å². The van der Waals surface area contributed by atoms with E-state index in [0.29, 0.717) is 0 Å². The Morgan fingerprint density at radius 2 is 1.38 bits per heavy atom. The second-order valence-corrected chi connectivity index (χ2v) is 23.1. The van der Waals surface area contributed by atoms with Gasteiger partial charge >= 0.3 is 0 Å². The molecule has 0 unspecified atom stereocenters. The molecule has 2 aliphatic heterocycles. The predicted octanol–water partition coefficient (Wildman–Crippen LogP) is 7.28. The third kappa shape index (κ3) is 2.68. The minimum Gasteiger partial charge on any atom is -0.300 e. The molecule has 202 valence electrons. The molecule has 0 bridgehead atoms. The molecule has 0 fully saturated rings. The summed E-state index contributed by atoms with van der Waals surface area (Å²) < 4.78 is 5.00. The van der Waals surface area contributed by atoms with E-state index in [-0.39, 0.29) is 0 Å². The van der Waals surface area contributed by atoms with Gasteiger partial charge in [-0.05, 0) is 50.8 Å². The SMILES string of the molecule is C[Si]1(C)Cc2cnc3c4ccccc4c4cc(-c5cccc6c7cccc8c7n7c(cnc7c56)[Si](C)(C)C8)cc1c4n23. The first-order valence-electron chi connectivity index (χ1n) is 15.0. The summed E-state index contributed by atoms with van der Waals surface area (Å²) in [6.45, 7) is 10.0. The molecule has 0 N–H and O–H groups in total. The van der Waals surface area contributed by atoms with Crippen LogP contribution in [0.25, 0.3) is 65.8 Å². The summed E-state index contributed by atoms with van der Waals surface area (Å²) in [6.07, 6.45) is 4.32. The van der Waals surface area contributed by atoms with Crippen LogP contribution >= 0.6 is 0 Å². The molecule has 0 spiro atoms. The lowest BCUT2D eigenvalue weighted by atomic mass is 9.94. The van der Waals surface area contributed by atoms with Gasteiger partial charge in [0.2, 0.25) is 0 Å². The van der Waals surface area contributed by atoms with E-state index < -0.39 is 16.1 Å². The summed E-state index contributed by atoms with van der Waals surface area (Å²) in [6, 6.07) is 29.9. The van der Waals surface area contributed by atoms with Crippen molar-refractivity contribution >= 4 is 81.3 Å². The average Bonchev–Trinajstić information content (AvgIpc) is 3.62. The third-order valence-corrected chi connectivity index (χ3v) is 16.4. The highest BCUT2D eigenvalue weighted by atomic mass is 28.3. The molecule has 6 heterocycles. The molecule has 0 aliphatic carbocycles. The zero-order chi connectivity index (χ0) is 28.1. The van der Waals surface area contributed by atoms with Crippen LogP contribution in [0.3, 0.4) is 0 Å². The van der Waals surface area contributed by atoms with Crippen LogP contribution < -0.4 is 10.5 Å². The van der Waals surface area contributed by atoms with Crippen molar-refractivity contribution in [2.24, 2.45) is 0 Å². The lowest BCUT2D eigenvalue weighted by Crippen LogP contribution is -2.49. The van der Waals surface area contributed by atoms with Crippen molar-refractivity contribution in [3.8, 4) is 11.1 Å². The normalized spacial score (nSPS) is 16.8. The molecule has 4 aromatic heterocycles. The third-order valence-electron chi connectivity index (χ3n) is 10.3. The number of aromatic nitrogens is 4. The molecular weight excluding hydrogens is 545 g/mol. The highest BCUT2D eigenvalue weighted by Crippen LogP contribution is 2.41. The maximum atomic E-state index is 5.20. The quantitative estimate of drug-likeness (QED) is 0.153. The maximum absolute atomic E-state index is 5.20. The molecule has 4 aromatic carbocycles. The van der Waals surface area contributed by atoms with Crippen LogP contribution in [0, 0.1) is 0 Å². The van der Waals surface area contributed by atoms with Gasteiger partial charge in [-0.15, -0.1) is 0 Å². The molecule has 10 rings (SSSR count). The second kappa shape index (κ2) is 7.38. The fourth-order valence-corrected chi connectivity index (χ4v) is 13.9. The maximum Gasteiger partial charge on any atom is 0.145 e. The number of benzene rings is 4. The summed E-state index contributed by atoms with van der Waals surface area (Å²) >= 11 is 0. The Morgan fingerprint density at radius 1 is 0.619 bits per heavy atom. The first-order valence-corrected chi connectivity index (χ1v) is 21.4. The zero-order valence-corrected chi connectivity index (χ0v) is 26.3. The number of imidazole rings is 2. The van der Waals surface area contributed by atoms with Crippen molar-refractivity contribution < 1.29 is 0 Å². The monoisotopic (exact) mass is 574 g/mol. The first-order chi connectivity index (χ1) is 20.3. The summed E-state index contributed by atoms with van der Waals surface area (Å²) in [5.74, 6) is 0. The van der Waals surface area contributed by atoms with Gasteiger partial charge in [0.15, 0.2) is 0 Å². The highest BCUT2D eigenvalue weighted by Gasteiger charge is 2.36. The fraction of sp³-hybridized carbons (Fsp3) is 0.167. The van der Waals surface area contributed by atoms with E-state index in [1.54, 1.807) is 0 Å². The highest BCUT2D eigenvalue weighted by molar-refractivity contribution is 6.91. The van der Waals surface area contributed by atoms with Crippen molar-refractivity contribution in [2.75, 3.05) is 0 Å². The standard InChI is InChI=1S/C36H30N4Si2/c1-41(2)20-23-17-37-35-28-11-6-5-10-25(28)29-15-22(16-30(41)34(29)39(23)35)24-12-8-13-26-27-14-7-9-21-19-42(3,4)31-18-38-36(32(24)26)40(31)33(21)27/h5-18H,19-20H2,1-4H3. The second-order valence-electron chi connectivity index (χ2n) is 13.8. The average molecular weight is 575 g/mol. The number of nitrogens with zero attached hydrogens (tertiary/aromatic N) is 4. The van der Waals surface area contributed by atoms with Crippen molar-refractivity contribution in [3.63, 3.8) is 0 Å². The molecule has 42 heavy (non-hydrogen) atoms. The van der Waals surface area contributed by atoms with Crippen LogP contribution in [0.4, 0.5) is 0 Å². The van der Waals surface area contributed by atoms with E-state index in [1.165, 1.54) is 82.3 Å². The lowest BCUT2D eigenvalue weighted by molar-refractivity contribution is 1.10. The zero-order valence-electron chi connectivity index (χ0n) is 24.3. The largest absolute Gasteiger partial charge is 0.300 e. The van der Waals surface area contributed by atoms with Gasteiger partial charge in [-0.1, -0.05) is 92.9 Å². The molecule has 6 heteroatoms. The summed E-state index contributed by atoms with van der Waals surface area (Å²) in [7, 11) is -3.45. The van der Waals surface area contributed by atoms with E-state index in [1.807, 2.05) is 0 Å². The number of fused-ring (bicyclic) bond motifs is 6. The van der Waals surface area contributed by atoms with Gasteiger partial charge in [-0.25, -0.2) is 9.97 Å². The van der Waals surface area contributed by atoms with Crippen LogP contribution in [-0.4, -0.2) is 34.9 Å². The van der Waals surface area contributed by atoms with Crippen molar-refractivity contribution in [1.82, 2.24) is 18.8 Å². The molecule has 8 aromatic rings. The van der Waals surface area contributed by atoms with Crippen LogP contribution in [0.5, 0.6) is 0 Å². The molecule has 0 radical (unpaired) electrons. The lowest BCUT2D eigenvalue weighted by Gasteiger charge is -2.31. The van der Waals surface area contributed by atoms with E-state index >= 15 is 0 Å². The molecule has 0 atom stereocenters. The van der Waals surface area contributed by atoms with Crippen LogP contribution in [0.15, 0.2) is 85.2 Å². The van der Waals surface area contributed by atoms with Gasteiger partial charge in [0.1, 0.15) is 19.4 Å². The summed E-state index contributed by atoms with van der Waals surface area (Å²) in [5.41, 5.74) is 10.3. The predicted molar refractivity (Wildman–Crippen MR) is 181 cm³/mol. The van der Waals surface area contributed by atoms with Gasteiger partial charge in [-0.2, -0.15) is 0 Å². The van der Waals surface area contributed by atoms with Gasteiger partial charge in [0.25, 0.3) is 0 Å². The number of hydrogen-bond acceptors (Lipinski definition) is 2. The Hall–Kier alpha value is -4.27. The Kier molecular flexibility index (Phi) is 4.10. The van der Waals surface area contributed by atoms with Gasteiger partial charge in [-0.3, -0.25) is 4.40 Å². The number of para-hydroxylation sites is 1. The number of hydrogen-bond donors (Lipinski definition) is 0. The van der Waals surface area contributed by atoms with Crippen LogP contribution in [-0.2, 0) is 12.1 Å². The summed E-state index contributed by atoms with van der Waals surface area (Å²) in [5, 5.41) is 10.7. The fourth-order valence-electron chi connectivity index (χ4n) is 8.44. The molecule has 0 saturated carbocycles. The van der Waals surface area contributed by atoms with Crippen LogP contribution in [0.2, 0.25) is 26.2 Å². The Bertz CT molecular complexity index is 2530. The van der Waals surface area contributed by atoms with Crippen molar-refractivity contribution in [2.45, 2.75) is 38.3 Å². The minimum absolute atomic E-state index is 1.09. The molecule has 4 nitrogen and oxygen atoms in total. The van der Waals surface area contributed by atoms with Crippen molar-refractivity contribution in [1.29, 1.82) is 0 Å².